The van der Waals surface area contributed by atoms with Crippen molar-refractivity contribution in [3.05, 3.63) is 36.2 Å². The quantitative estimate of drug-likeness (QED) is 0.687. The van der Waals surface area contributed by atoms with Crippen LogP contribution >= 0.6 is 11.8 Å². The molecule has 0 unspecified atom stereocenters. The Kier molecular flexibility index (Phi) is 6.35. The molecule has 4 rings (SSSR count). The van der Waals surface area contributed by atoms with Crippen LogP contribution in [0.3, 0.4) is 0 Å². The van der Waals surface area contributed by atoms with Crippen LogP contribution in [0, 0.1) is 5.92 Å². The molecule has 1 saturated carbocycles. The number of thioether (sulfide) groups is 1. The molecule has 28 heavy (non-hydrogen) atoms. The fraction of sp³-hybridized carbons (Fsp3) is 0.591. The number of aromatic nitrogens is 3. The summed E-state index contributed by atoms with van der Waals surface area (Å²) >= 11 is 1.53. The Hall–Kier alpha value is -1.82. The van der Waals surface area contributed by atoms with E-state index >= 15 is 0 Å². The van der Waals surface area contributed by atoms with Gasteiger partial charge in [-0.25, -0.2) is 0 Å². The first-order valence-corrected chi connectivity index (χ1v) is 11.6. The Bertz CT molecular complexity index is 777. The average Bonchev–Trinajstić information content (AvgIpc) is 3.18. The molecular formula is C22H30N4OS. The molecule has 2 aromatic rings. The minimum atomic E-state index is 0.221. The second kappa shape index (κ2) is 9.12. The lowest BCUT2D eigenvalue weighted by Crippen LogP contribution is -2.38. The third-order valence-electron chi connectivity index (χ3n) is 6.10. The number of para-hydroxylation sites is 1. The number of carbonyl (C=O) groups is 1. The van der Waals surface area contributed by atoms with Crippen LogP contribution in [0.2, 0.25) is 0 Å². The van der Waals surface area contributed by atoms with E-state index in [1.54, 1.807) is 0 Å². The van der Waals surface area contributed by atoms with Crippen LogP contribution in [-0.2, 0) is 4.79 Å². The lowest BCUT2D eigenvalue weighted by molar-refractivity contribution is -0.129. The molecule has 0 atom stereocenters. The van der Waals surface area contributed by atoms with Gasteiger partial charge in [0.2, 0.25) is 5.91 Å². The molecule has 1 saturated heterocycles. The van der Waals surface area contributed by atoms with Crippen LogP contribution in [0.5, 0.6) is 0 Å². The molecule has 2 fully saturated rings. The molecule has 0 N–H and O–H groups in total. The van der Waals surface area contributed by atoms with Crippen molar-refractivity contribution in [1.82, 2.24) is 19.7 Å². The first-order valence-electron chi connectivity index (χ1n) is 10.6. The zero-order valence-electron chi connectivity index (χ0n) is 16.7. The highest BCUT2D eigenvalue weighted by atomic mass is 32.2. The SMILES string of the molecule is CC1CCN(C(=O)CSc2nnc(C3CCCCC3)n2-c2ccccc2)CC1. The van der Waals surface area contributed by atoms with Crippen molar-refractivity contribution >= 4 is 17.7 Å². The number of nitrogens with zero attached hydrogens (tertiary/aromatic N) is 4. The Morgan fingerprint density at radius 3 is 2.46 bits per heavy atom. The van der Waals surface area contributed by atoms with Gasteiger partial charge < -0.3 is 4.90 Å². The van der Waals surface area contributed by atoms with Crippen molar-refractivity contribution in [3.8, 4) is 5.69 Å². The van der Waals surface area contributed by atoms with Gasteiger partial charge in [0.1, 0.15) is 5.82 Å². The number of likely N-dealkylation sites (tertiary alicyclic amines) is 1. The largest absolute Gasteiger partial charge is 0.342 e. The minimum absolute atomic E-state index is 0.221. The van der Waals surface area contributed by atoms with Crippen molar-refractivity contribution in [1.29, 1.82) is 0 Å². The van der Waals surface area contributed by atoms with Crippen molar-refractivity contribution in [2.45, 2.75) is 62.9 Å². The second-order valence-corrected chi connectivity index (χ2v) is 9.14. The summed E-state index contributed by atoms with van der Waals surface area (Å²) in [6, 6.07) is 10.3. The van der Waals surface area contributed by atoms with E-state index in [4.69, 9.17) is 0 Å². The number of hydrogen-bond acceptors (Lipinski definition) is 4. The van der Waals surface area contributed by atoms with Crippen molar-refractivity contribution in [2.75, 3.05) is 18.8 Å². The molecule has 5 nitrogen and oxygen atoms in total. The molecule has 0 spiro atoms. The molecule has 2 heterocycles. The lowest BCUT2D eigenvalue weighted by atomic mass is 9.88. The van der Waals surface area contributed by atoms with Gasteiger partial charge in [-0.1, -0.05) is 56.1 Å². The standard InChI is InChI=1S/C22H30N4OS/c1-17-12-14-25(15-13-17)20(27)16-28-22-24-23-21(18-8-4-2-5-9-18)26(22)19-10-6-3-7-11-19/h3,6-7,10-11,17-18H,2,4-5,8-9,12-16H2,1H3. The number of amides is 1. The molecule has 1 aliphatic heterocycles. The van der Waals surface area contributed by atoms with Crippen LogP contribution < -0.4 is 0 Å². The van der Waals surface area contributed by atoms with E-state index in [0.717, 1.165) is 48.5 Å². The van der Waals surface area contributed by atoms with Crippen LogP contribution in [0.25, 0.3) is 5.69 Å². The summed E-state index contributed by atoms with van der Waals surface area (Å²) in [5.41, 5.74) is 1.09. The average molecular weight is 399 g/mol. The molecule has 6 heteroatoms. The Morgan fingerprint density at radius 2 is 1.75 bits per heavy atom. The summed E-state index contributed by atoms with van der Waals surface area (Å²) in [5, 5.41) is 9.92. The number of carbonyl (C=O) groups excluding carboxylic acids is 1. The van der Waals surface area contributed by atoms with Crippen molar-refractivity contribution in [2.24, 2.45) is 5.92 Å². The van der Waals surface area contributed by atoms with Gasteiger partial charge in [0.25, 0.3) is 0 Å². The molecule has 0 radical (unpaired) electrons. The van der Waals surface area contributed by atoms with Crippen molar-refractivity contribution in [3.63, 3.8) is 0 Å². The predicted octanol–water partition coefficient (Wildman–Crippen LogP) is 4.67. The van der Waals surface area contributed by atoms with Gasteiger partial charge in [-0.2, -0.15) is 0 Å². The summed E-state index contributed by atoms with van der Waals surface area (Å²) in [7, 11) is 0. The first kappa shape index (κ1) is 19.5. The molecule has 1 amide bonds. The van der Waals surface area contributed by atoms with Gasteiger partial charge in [-0.3, -0.25) is 9.36 Å². The molecule has 1 aromatic heterocycles. The van der Waals surface area contributed by atoms with Crippen LogP contribution in [0.1, 0.15) is 63.6 Å². The normalized spacial score (nSPS) is 19.1. The lowest BCUT2D eigenvalue weighted by Gasteiger charge is -2.30. The van der Waals surface area contributed by atoms with Gasteiger partial charge in [-0.05, 0) is 43.7 Å². The predicted molar refractivity (Wildman–Crippen MR) is 113 cm³/mol. The first-order chi connectivity index (χ1) is 13.7. The fourth-order valence-corrected chi connectivity index (χ4v) is 5.16. The van der Waals surface area contributed by atoms with E-state index in [1.807, 2.05) is 11.0 Å². The smallest absolute Gasteiger partial charge is 0.233 e. The Balaban J connectivity index is 1.51. The number of rotatable bonds is 5. The van der Waals surface area contributed by atoms with Gasteiger partial charge in [0.05, 0.1) is 5.75 Å². The van der Waals surface area contributed by atoms with E-state index in [9.17, 15) is 4.79 Å². The molecular weight excluding hydrogens is 368 g/mol. The van der Waals surface area contributed by atoms with Gasteiger partial charge in [0.15, 0.2) is 5.16 Å². The van der Waals surface area contributed by atoms with E-state index in [-0.39, 0.29) is 5.91 Å². The zero-order valence-corrected chi connectivity index (χ0v) is 17.5. The Labute approximate surface area is 171 Å². The topological polar surface area (TPSA) is 51.0 Å². The van der Waals surface area contributed by atoms with E-state index in [0.29, 0.717) is 11.7 Å². The minimum Gasteiger partial charge on any atom is -0.342 e. The Morgan fingerprint density at radius 1 is 1.04 bits per heavy atom. The van der Waals surface area contributed by atoms with Gasteiger partial charge >= 0.3 is 0 Å². The van der Waals surface area contributed by atoms with E-state index < -0.39 is 0 Å². The molecule has 1 aliphatic carbocycles. The molecule has 150 valence electrons. The second-order valence-electron chi connectivity index (χ2n) is 8.20. The maximum Gasteiger partial charge on any atom is 0.233 e. The third kappa shape index (κ3) is 4.43. The van der Waals surface area contributed by atoms with E-state index in [2.05, 4.69) is 46.0 Å². The molecule has 2 aliphatic rings. The summed E-state index contributed by atoms with van der Waals surface area (Å²) in [6.07, 6.45) is 8.44. The number of piperidine rings is 1. The highest BCUT2D eigenvalue weighted by molar-refractivity contribution is 7.99. The fourth-order valence-electron chi connectivity index (χ4n) is 4.30. The maximum atomic E-state index is 12.7. The molecule has 0 bridgehead atoms. The highest BCUT2D eigenvalue weighted by Gasteiger charge is 2.26. The maximum absolute atomic E-state index is 12.7. The van der Waals surface area contributed by atoms with Gasteiger partial charge in [-0.15, -0.1) is 10.2 Å². The highest BCUT2D eigenvalue weighted by Crippen LogP contribution is 2.35. The number of benzene rings is 1. The third-order valence-corrected chi connectivity index (χ3v) is 7.02. The van der Waals surface area contributed by atoms with E-state index in [1.165, 1.54) is 43.9 Å². The van der Waals surface area contributed by atoms with Crippen LogP contribution in [0.15, 0.2) is 35.5 Å². The van der Waals surface area contributed by atoms with Crippen molar-refractivity contribution < 1.29 is 4.79 Å². The summed E-state index contributed by atoms with van der Waals surface area (Å²) in [6.45, 7) is 4.05. The summed E-state index contributed by atoms with van der Waals surface area (Å²) in [5.74, 6) is 2.92. The molecule has 1 aromatic carbocycles. The van der Waals surface area contributed by atoms with Gasteiger partial charge in [0, 0.05) is 24.7 Å². The number of hydrogen-bond donors (Lipinski definition) is 0. The van der Waals surface area contributed by atoms with Crippen LogP contribution in [-0.4, -0.2) is 44.4 Å². The summed E-state index contributed by atoms with van der Waals surface area (Å²) in [4.78, 5) is 14.7. The van der Waals surface area contributed by atoms with Crippen LogP contribution in [0.4, 0.5) is 0 Å². The summed E-state index contributed by atoms with van der Waals surface area (Å²) < 4.78 is 2.19. The zero-order chi connectivity index (χ0) is 19.3. The monoisotopic (exact) mass is 398 g/mol.